The molecule has 3 N–H and O–H groups in total. The molecule has 0 bridgehead atoms. The van der Waals surface area contributed by atoms with Crippen LogP contribution < -0.4 is 16.0 Å². The third-order valence-electron chi connectivity index (χ3n) is 5.96. The number of carbonyl (C=O) groups excluding carboxylic acids is 3. The zero-order valence-corrected chi connectivity index (χ0v) is 26.7. The van der Waals surface area contributed by atoms with Crippen molar-refractivity contribution >= 4 is 81.0 Å². The molecular formula is C32H27N5O3S4. The number of nitrogens with one attached hydrogen (secondary N) is 3. The lowest BCUT2D eigenvalue weighted by molar-refractivity contribution is -0.116. The van der Waals surface area contributed by atoms with Gasteiger partial charge in [-0.15, -0.1) is 23.1 Å². The summed E-state index contributed by atoms with van der Waals surface area (Å²) in [6.07, 6.45) is 1.65. The van der Waals surface area contributed by atoms with Crippen LogP contribution in [0.15, 0.2) is 118 Å². The maximum Gasteiger partial charge on any atom is 0.272 e. The SMILES string of the molecule is CCSc1nsc(NC(=O)C(Sc2cccc(NC(=O)/C(=C/c3cccs3)NC(=O)c3ccccc3)c2)c2ccccc2)n1. The van der Waals surface area contributed by atoms with Gasteiger partial charge in [-0.2, -0.15) is 9.36 Å². The Morgan fingerprint density at radius 3 is 2.41 bits per heavy atom. The summed E-state index contributed by atoms with van der Waals surface area (Å²) in [6, 6.07) is 29.2. The van der Waals surface area contributed by atoms with E-state index in [0.29, 0.717) is 21.5 Å². The molecule has 0 aliphatic carbocycles. The summed E-state index contributed by atoms with van der Waals surface area (Å²) in [6.45, 7) is 2.02. The Balaban J connectivity index is 1.34. The first-order chi connectivity index (χ1) is 21.5. The number of rotatable bonds is 12. The van der Waals surface area contributed by atoms with Crippen molar-refractivity contribution in [3.05, 3.63) is 124 Å². The van der Waals surface area contributed by atoms with Crippen molar-refractivity contribution in [2.45, 2.75) is 22.2 Å². The van der Waals surface area contributed by atoms with Crippen LogP contribution >= 0.6 is 46.4 Å². The molecular weight excluding hydrogens is 631 g/mol. The van der Waals surface area contributed by atoms with Crippen molar-refractivity contribution < 1.29 is 14.4 Å². The normalized spacial score (nSPS) is 11.9. The molecule has 12 heteroatoms. The van der Waals surface area contributed by atoms with Gasteiger partial charge in [0, 0.05) is 32.6 Å². The van der Waals surface area contributed by atoms with Crippen molar-refractivity contribution in [1.82, 2.24) is 14.7 Å². The van der Waals surface area contributed by atoms with Crippen molar-refractivity contribution in [2.75, 3.05) is 16.4 Å². The lowest BCUT2D eigenvalue weighted by atomic mass is 10.1. The van der Waals surface area contributed by atoms with Gasteiger partial charge in [-0.05, 0) is 59.2 Å². The number of carbonyl (C=O) groups is 3. The Morgan fingerprint density at radius 2 is 1.68 bits per heavy atom. The van der Waals surface area contributed by atoms with Crippen LogP contribution in [0.5, 0.6) is 0 Å². The number of hydrogen-bond acceptors (Lipinski definition) is 9. The van der Waals surface area contributed by atoms with Crippen molar-refractivity contribution in [3.8, 4) is 0 Å². The predicted octanol–water partition coefficient (Wildman–Crippen LogP) is 7.59. The van der Waals surface area contributed by atoms with E-state index < -0.39 is 11.2 Å². The van der Waals surface area contributed by atoms with E-state index in [1.54, 1.807) is 42.5 Å². The van der Waals surface area contributed by atoms with Gasteiger partial charge in [-0.3, -0.25) is 19.7 Å². The fraction of sp³-hybridized carbons (Fsp3) is 0.0938. The van der Waals surface area contributed by atoms with Crippen LogP contribution in [0.2, 0.25) is 0 Å². The van der Waals surface area contributed by atoms with E-state index in [1.807, 2.05) is 73.0 Å². The highest BCUT2D eigenvalue weighted by molar-refractivity contribution is 8.00. The molecule has 1 unspecified atom stereocenters. The first-order valence-electron chi connectivity index (χ1n) is 13.5. The van der Waals surface area contributed by atoms with Gasteiger partial charge in [-0.25, -0.2) is 0 Å². The minimum Gasteiger partial charge on any atom is -0.321 e. The molecule has 8 nitrogen and oxygen atoms in total. The first kappa shape index (κ1) is 31.2. The molecule has 0 saturated carbocycles. The highest BCUT2D eigenvalue weighted by Crippen LogP contribution is 2.37. The molecule has 2 aromatic heterocycles. The van der Waals surface area contributed by atoms with Crippen LogP contribution in [0.4, 0.5) is 10.8 Å². The number of benzene rings is 3. The molecule has 3 aromatic carbocycles. The molecule has 0 spiro atoms. The Kier molecular flexibility index (Phi) is 11.0. The van der Waals surface area contributed by atoms with Gasteiger partial charge >= 0.3 is 0 Å². The van der Waals surface area contributed by atoms with Gasteiger partial charge in [0.15, 0.2) is 0 Å². The molecule has 2 heterocycles. The molecule has 0 radical (unpaired) electrons. The van der Waals surface area contributed by atoms with Gasteiger partial charge < -0.3 is 10.6 Å². The smallest absolute Gasteiger partial charge is 0.272 e. The van der Waals surface area contributed by atoms with Gasteiger partial charge in [0.05, 0.1) is 0 Å². The van der Waals surface area contributed by atoms with E-state index in [2.05, 4.69) is 25.3 Å². The van der Waals surface area contributed by atoms with E-state index in [1.165, 1.54) is 34.9 Å². The average molecular weight is 658 g/mol. The van der Waals surface area contributed by atoms with Gasteiger partial charge in [0.2, 0.25) is 16.2 Å². The second-order valence-electron chi connectivity index (χ2n) is 9.09. The highest BCUT2D eigenvalue weighted by Gasteiger charge is 2.24. The summed E-state index contributed by atoms with van der Waals surface area (Å²) in [5.41, 5.74) is 1.89. The topological polar surface area (TPSA) is 113 Å². The number of thioether (sulfide) groups is 2. The fourth-order valence-electron chi connectivity index (χ4n) is 3.96. The van der Waals surface area contributed by atoms with Gasteiger partial charge in [0.25, 0.3) is 11.8 Å². The molecule has 5 rings (SSSR count). The largest absolute Gasteiger partial charge is 0.321 e. The standard InChI is InChI=1S/C32H27N5O3S4/c1-2-41-32-36-31(44-37-32)35-30(40)27(21-11-5-3-6-12-21)43-25-16-9-15-23(19-25)33-29(39)26(20-24-17-10-18-42-24)34-28(38)22-13-7-4-8-14-22/h3-20,27H,2H2,1H3,(H,33,39)(H,34,38)(H,35,36,37,40)/b26-20-. The molecule has 44 heavy (non-hydrogen) atoms. The molecule has 5 aromatic rings. The maximum atomic E-state index is 13.5. The van der Waals surface area contributed by atoms with Gasteiger partial charge in [-0.1, -0.05) is 79.3 Å². The lowest BCUT2D eigenvalue weighted by Gasteiger charge is -2.17. The van der Waals surface area contributed by atoms with E-state index in [4.69, 9.17) is 0 Å². The van der Waals surface area contributed by atoms with Crippen LogP contribution in [-0.2, 0) is 9.59 Å². The Morgan fingerprint density at radius 1 is 0.909 bits per heavy atom. The van der Waals surface area contributed by atoms with Crippen LogP contribution in [0, 0.1) is 0 Å². The van der Waals surface area contributed by atoms with Crippen LogP contribution in [0.25, 0.3) is 6.08 Å². The second kappa shape index (κ2) is 15.5. The minimum absolute atomic E-state index is 0.110. The van der Waals surface area contributed by atoms with E-state index in [-0.39, 0.29) is 17.5 Å². The van der Waals surface area contributed by atoms with Crippen molar-refractivity contribution in [3.63, 3.8) is 0 Å². The quantitative estimate of drug-likeness (QED) is 0.0936. The zero-order valence-electron chi connectivity index (χ0n) is 23.4. The number of nitrogens with zero attached hydrogens (tertiary/aromatic N) is 2. The monoisotopic (exact) mass is 657 g/mol. The summed E-state index contributed by atoms with van der Waals surface area (Å²) in [5, 5.41) is 10.9. The summed E-state index contributed by atoms with van der Waals surface area (Å²) < 4.78 is 4.29. The second-order valence-corrected chi connectivity index (χ2v) is 13.2. The molecule has 3 amide bonds. The lowest BCUT2D eigenvalue weighted by Crippen LogP contribution is -2.30. The van der Waals surface area contributed by atoms with Gasteiger partial charge in [0.1, 0.15) is 10.9 Å². The highest BCUT2D eigenvalue weighted by atomic mass is 32.2. The van der Waals surface area contributed by atoms with E-state index >= 15 is 0 Å². The predicted molar refractivity (Wildman–Crippen MR) is 181 cm³/mol. The van der Waals surface area contributed by atoms with E-state index in [9.17, 15) is 14.4 Å². The molecule has 0 fully saturated rings. The third kappa shape index (κ3) is 8.66. The number of anilines is 2. The molecule has 0 aliphatic rings. The molecule has 0 saturated heterocycles. The molecule has 1 atom stereocenters. The third-order valence-corrected chi connectivity index (χ3v) is 9.50. The number of hydrogen-bond donors (Lipinski definition) is 3. The van der Waals surface area contributed by atoms with E-state index in [0.717, 1.165) is 32.6 Å². The average Bonchev–Trinajstić information content (AvgIpc) is 3.73. The zero-order chi connectivity index (χ0) is 30.7. The summed E-state index contributed by atoms with van der Waals surface area (Å²) in [5.74, 6) is -0.256. The molecule has 222 valence electrons. The minimum atomic E-state index is -0.590. The van der Waals surface area contributed by atoms with Crippen LogP contribution in [-0.4, -0.2) is 32.8 Å². The Labute approximate surface area is 271 Å². The Hall–Kier alpha value is -4.23. The maximum absolute atomic E-state index is 13.5. The fourth-order valence-corrected chi connectivity index (χ4v) is 6.97. The number of aromatic nitrogens is 2. The van der Waals surface area contributed by atoms with Crippen LogP contribution in [0.1, 0.15) is 33.0 Å². The summed E-state index contributed by atoms with van der Waals surface area (Å²) in [4.78, 5) is 45.8. The number of amides is 3. The van der Waals surface area contributed by atoms with Crippen molar-refractivity contribution in [2.24, 2.45) is 0 Å². The molecule has 0 aliphatic heterocycles. The first-order valence-corrected chi connectivity index (χ1v) is 17.0. The summed E-state index contributed by atoms with van der Waals surface area (Å²) in [7, 11) is 0. The Bertz CT molecular complexity index is 1740. The summed E-state index contributed by atoms with van der Waals surface area (Å²) >= 11 is 5.47. The van der Waals surface area contributed by atoms with Crippen LogP contribution in [0.3, 0.4) is 0 Å². The van der Waals surface area contributed by atoms with Crippen molar-refractivity contribution in [1.29, 1.82) is 0 Å². The number of thiophene rings is 1.